The van der Waals surface area contributed by atoms with Crippen LogP contribution in [-0.4, -0.2) is 19.4 Å². The third kappa shape index (κ3) is 4.25. The Bertz CT molecular complexity index is 548. The van der Waals surface area contributed by atoms with Crippen LogP contribution in [-0.2, 0) is 6.54 Å². The summed E-state index contributed by atoms with van der Waals surface area (Å²) in [5, 5.41) is 3.11. The first-order valence-electron chi connectivity index (χ1n) is 6.54. The summed E-state index contributed by atoms with van der Waals surface area (Å²) in [7, 11) is 1.91. The van der Waals surface area contributed by atoms with Gasteiger partial charge in [-0.2, -0.15) is 0 Å². The zero-order chi connectivity index (χ0) is 14.2. The highest BCUT2D eigenvalue weighted by atomic mass is 32.2. The highest BCUT2D eigenvalue weighted by Crippen LogP contribution is 2.22. The van der Waals surface area contributed by atoms with Crippen molar-refractivity contribution in [1.29, 1.82) is 0 Å². The minimum Gasteiger partial charge on any atom is -0.492 e. The van der Waals surface area contributed by atoms with Gasteiger partial charge in [0.25, 0.3) is 0 Å². The summed E-state index contributed by atoms with van der Waals surface area (Å²) in [6.07, 6.45) is 0. The molecule has 0 aromatic heterocycles. The fraction of sp³-hybridized carbons (Fsp3) is 0.250. The maximum Gasteiger partial charge on any atom is 0.136 e. The van der Waals surface area contributed by atoms with Gasteiger partial charge in [0, 0.05) is 22.8 Å². The average Bonchev–Trinajstić information content (AvgIpc) is 2.47. The number of para-hydroxylation sites is 1. The molecular weight excluding hydrogens is 273 g/mol. The molecule has 0 aliphatic heterocycles. The number of benzene rings is 2. The van der Waals surface area contributed by atoms with Gasteiger partial charge in [-0.25, -0.2) is 4.39 Å². The molecule has 0 bridgehead atoms. The van der Waals surface area contributed by atoms with E-state index in [1.54, 1.807) is 12.1 Å². The number of ether oxygens (including phenoxy) is 1. The molecule has 2 rings (SSSR count). The van der Waals surface area contributed by atoms with Crippen molar-refractivity contribution >= 4 is 11.8 Å². The molecule has 2 aromatic carbocycles. The first-order valence-corrected chi connectivity index (χ1v) is 7.52. The Kier molecular flexibility index (Phi) is 5.89. The van der Waals surface area contributed by atoms with E-state index < -0.39 is 0 Å². The van der Waals surface area contributed by atoms with E-state index in [1.165, 1.54) is 17.8 Å². The lowest BCUT2D eigenvalue weighted by atomic mass is 10.2. The van der Waals surface area contributed by atoms with E-state index in [0.717, 1.165) is 23.6 Å². The molecule has 0 saturated heterocycles. The lowest BCUT2D eigenvalue weighted by Gasteiger charge is -2.11. The zero-order valence-electron chi connectivity index (χ0n) is 11.4. The smallest absolute Gasteiger partial charge is 0.136 e. The van der Waals surface area contributed by atoms with Gasteiger partial charge in [0.05, 0.1) is 6.61 Å². The molecule has 20 heavy (non-hydrogen) atoms. The monoisotopic (exact) mass is 291 g/mol. The molecule has 0 heterocycles. The Hall–Kier alpha value is -1.52. The lowest BCUT2D eigenvalue weighted by Crippen LogP contribution is -2.08. The third-order valence-electron chi connectivity index (χ3n) is 2.77. The van der Waals surface area contributed by atoms with Crippen molar-refractivity contribution in [3.63, 3.8) is 0 Å². The maximum absolute atomic E-state index is 13.4. The molecule has 1 N–H and O–H groups in total. The highest BCUT2D eigenvalue weighted by molar-refractivity contribution is 7.99. The molecule has 0 spiro atoms. The second-order valence-electron chi connectivity index (χ2n) is 4.27. The van der Waals surface area contributed by atoms with E-state index in [9.17, 15) is 4.39 Å². The van der Waals surface area contributed by atoms with Gasteiger partial charge in [-0.3, -0.25) is 0 Å². The Morgan fingerprint density at radius 2 is 1.85 bits per heavy atom. The Labute approximate surface area is 123 Å². The molecule has 0 amide bonds. The average molecular weight is 291 g/mol. The zero-order valence-corrected chi connectivity index (χ0v) is 12.3. The summed E-state index contributed by atoms with van der Waals surface area (Å²) in [5.41, 5.74) is 1.13. The normalized spacial score (nSPS) is 10.5. The number of halogens is 1. The molecule has 0 aliphatic carbocycles. The molecule has 2 nitrogen and oxygen atoms in total. The molecule has 2 aromatic rings. The van der Waals surface area contributed by atoms with Gasteiger partial charge in [-0.1, -0.05) is 30.3 Å². The summed E-state index contributed by atoms with van der Waals surface area (Å²) < 4.78 is 19.2. The SMILES string of the molecule is CNCc1ccccc1OCCSc1ccccc1F. The van der Waals surface area contributed by atoms with Crippen LogP contribution in [0.4, 0.5) is 4.39 Å². The van der Waals surface area contributed by atoms with Crippen molar-refractivity contribution in [2.45, 2.75) is 11.4 Å². The predicted molar refractivity (Wildman–Crippen MR) is 81.8 cm³/mol. The van der Waals surface area contributed by atoms with Crippen LogP contribution in [0.1, 0.15) is 5.56 Å². The Morgan fingerprint density at radius 1 is 1.10 bits per heavy atom. The summed E-state index contributed by atoms with van der Waals surface area (Å²) >= 11 is 1.47. The molecule has 106 valence electrons. The molecule has 0 atom stereocenters. The number of hydrogen-bond acceptors (Lipinski definition) is 3. The van der Waals surface area contributed by atoms with Crippen molar-refractivity contribution in [2.24, 2.45) is 0 Å². The molecule has 0 aliphatic rings. The van der Waals surface area contributed by atoms with Crippen LogP contribution in [0.3, 0.4) is 0 Å². The van der Waals surface area contributed by atoms with E-state index >= 15 is 0 Å². The van der Waals surface area contributed by atoms with Gasteiger partial charge < -0.3 is 10.1 Å². The van der Waals surface area contributed by atoms with Crippen molar-refractivity contribution in [3.8, 4) is 5.75 Å². The molecule has 0 fully saturated rings. The summed E-state index contributed by atoms with van der Waals surface area (Å²) in [6, 6.07) is 14.8. The molecule has 4 heteroatoms. The quantitative estimate of drug-likeness (QED) is 0.620. The number of thioether (sulfide) groups is 1. The van der Waals surface area contributed by atoms with Gasteiger partial charge in [0.2, 0.25) is 0 Å². The van der Waals surface area contributed by atoms with Crippen LogP contribution in [0.2, 0.25) is 0 Å². The van der Waals surface area contributed by atoms with Crippen LogP contribution < -0.4 is 10.1 Å². The van der Waals surface area contributed by atoms with E-state index in [2.05, 4.69) is 5.32 Å². The summed E-state index contributed by atoms with van der Waals surface area (Å²) in [6.45, 7) is 1.33. The van der Waals surface area contributed by atoms with Crippen molar-refractivity contribution in [3.05, 3.63) is 59.9 Å². The number of hydrogen-bond donors (Lipinski definition) is 1. The molecule has 0 saturated carbocycles. The van der Waals surface area contributed by atoms with E-state index in [4.69, 9.17) is 4.74 Å². The van der Waals surface area contributed by atoms with Gasteiger partial charge in [-0.05, 0) is 25.2 Å². The van der Waals surface area contributed by atoms with Crippen LogP contribution in [0.15, 0.2) is 53.4 Å². The van der Waals surface area contributed by atoms with E-state index in [-0.39, 0.29) is 5.82 Å². The number of rotatable bonds is 7. The minimum atomic E-state index is -0.173. The lowest BCUT2D eigenvalue weighted by molar-refractivity contribution is 0.339. The van der Waals surface area contributed by atoms with Crippen molar-refractivity contribution in [1.82, 2.24) is 5.32 Å². The Morgan fingerprint density at radius 3 is 2.65 bits per heavy atom. The van der Waals surface area contributed by atoms with E-state index in [1.807, 2.05) is 37.4 Å². The largest absolute Gasteiger partial charge is 0.492 e. The first kappa shape index (κ1) is 14.9. The maximum atomic E-state index is 13.4. The van der Waals surface area contributed by atoms with E-state index in [0.29, 0.717) is 11.5 Å². The molecule has 0 radical (unpaired) electrons. The third-order valence-corrected chi connectivity index (χ3v) is 3.79. The highest BCUT2D eigenvalue weighted by Gasteiger charge is 2.03. The first-order chi connectivity index (χ1) is 9.81. The van der Waals surface area contributed by atoms with Gasteiger partial charge in [0.1, 0.15) is 11.6 Å². The standard InChI is InChI=1S/C16H18FNOS/c1-18-12-13-6-2-4-8-15(13)19-10-11-20-16-9-5-3-7-14(16)17/h2-9,18H,10-12H2,1H3. The fourth-order valence-corrected chi connectivity index (χ4v) is 2.61. The topological polar surface area (TPSA) is 21.3 Å². The van der Waals surface area contributed by atoms with Crippen LogP contribution in [0, 0.1) is 5.82 Å². The van der Waals surface area contributed by atoms with Gasteiger partial charge >= 0.3 is 0 Å². The van der Waals surface area contributed by atoms with Crippen molar-refractivity contribution in [2.75, 3.05) is 19.4 Å². The van der Waals surface area contributed by atoms with Crippen molar-refractivity contribution < 1.29 is 9.13 Å². The van der Waals surface area contributed by atoms with Gasteiger partial charge in [-0.15, -0.1) is 11.8 Å². The van der Waals surface area contributed by atoms with Crippen LogP contribution in [0.25, 0.3) is 0 Å². The van der Waals surface area contributed by atoms with Crippen LogP contribution >= 0.6 is 11.8 Å². The minimum absolute atomic E-state index is 0.173. The molecule has 0 unspecified atom stereocenters. The second-order valence-corrected chi connectivity index (χ2v) is 5.40. The number of nitrogens with one attached hydrogen (secondary N) is 1. The predicted octanol–water partition coefficient (Wildman–Crippen LogP) is 3.72. The fourth-order valence-electron chi connectivity index (χ4n) is 1.85. The van der Waals surface area contributed by atoms with Crippen LogP contribution in [0.5, 0.6) is 5.75 Å². The Balaban J connectivity index is 1.83. The van der Waals surface area contributed by atoms with Gasteiger partial charge in [0.15, 0.2) is 0 Å². The second kappa shape index (κ2) is 7.92. The summed E-state index contributed by atoms with van der Waals surface area (Å²) in [4.78, 5) is 0.666. The summed E-state index contributed by atoms with van der Waals surface area (Å²) in [5.74, 6) is 1.43. The molecular formula is C16H18FNOS.